The molecular weight excluding hydrogens is 310 g/mol. The molecule has 0 bridgehead atoms. The van der Waals surface area contributed by atoms with Gasteiger partial charge < -0.3 is 14.4 Å². The molecule has 2 amide bonds. The lowest BCUT2D eigenvalue weighted by Crippen LogP contribution is -2.41. The van der Waals surface area contributed by atoms with Crippen LogP contribution in [0.25, 0.3) is 0 Å². The number of halogens is 1. The van der Waals surface area contributed by atoms with E-state index in [1.54, 1.807) is 29.6 Å². The van der Waals surface area contributed by atoms with Gasteiger partial charge in [-0.3, -0.25) is 9.59 Å². The minimum atomic E-state index is -0.159. The summed E-state index contributed by atoms with van der Waals surface area (Å²) in [4.78, 5) is 27.3. The first-order chi connectivity index (χ1) is 8.90. The Balaban J connectivity index is 2.73. The first kappa shape index (κ1) is 15.8. The second-order valence-corrected chi connectivity index (χ2v) is 5.30. The fraction of sp³-hybridized carbons (Fsp3) is 0.538. The van der Waals surface area contributed by atoms with Crippen molar-refractivity contribution in [3.63, 3.8) is 0 Å². The lowest BCUT2D eigenvalue weighted by molar-refractivity contribution is -0.131. The second kappa shape index (κ2) is 6.75. The zero-order chi connectivity index (χ0) is 14.6. The molecule has 1 heterocycles. The molecular formula is C13H20BrN3O2. The molecule has 0 atom stereocenters. The molecule has 6 heteroatoms. The summed E-state index contributed by atoms with van der Waals surface area (Å²) in [6.07, 6.45) is 1.81. The number of aryl methyl sites for hydroxylation is 1. The molecule has 1 aromatic rings. The molecule has 0 aliphatic heterocycles. The van der Waals surface area contributed by atoms with Crippen LogP contribution in [-0.2, 0) is 11.8 Å². The van der Waals surface area contributed by atoms with Gasteiger partial charge in [-0.2, -0.15) is 0 Å². The van der Waals surface area contributed by atoms with Crippen molar-refractivity contribution < 1.29 is 9.59 Å². The topological polar surface area (TPSA) is 45.6 Å². The molecule has 1 rings (SSSR count). The molecule has 0 N–H and O–H groups in total. The fourth-order valence-corrected chi connectivity index (χ4v) is 2.41. The standard InChI is InChI=1S/C13H20BrN3O2/c1-5-17(6-2)12(18)9-16(4)13(19)11-7-10(14)8-15(11)3/h7-8H,5-6,9H2,1-4H3. The smallest absolute Gasteiger partial charge is 0.270 e. The Morgan fingerprint density at radius 2 is 1.89 bits per heavy atom. The monoisotopic (exact) mass is 329 g/mol. The number of carbonyl (C=O) groups excluding carboxylic acids is 2. The van der Waals surface area contributed by atoms with Crippen molar-refractivity contribution in [2.75, 3.05) is 26.7 Å². The third kappa shape index (κ3) is 3.83. The van der Waals surface area contributed by atoms with Crippen molar-refractivity contribution in [3.8, 4) is 0 Å². The average Bonchev–Trinajstić information content (AvgIpc) is 2.68. The highest BCUT2D eigenvalue weighted by atomic mass is 79.9. The molecule has 0 radical (unpaired) electrons. The fourth-order valence-electron chi connectivity index (χ4n) is 1.88. The van der Waals surface area contributed by atoms with Crippen LogP contribution < -0.4 is 0 Å². The van der Waals surface area contributed by atoms with Gasteiger partial charge in [0.05, 0.1) is 6.54 Å². The molecule has 0 saturated heterocycles. The third-order valence-corrected chi connectivity index (χ3v) is 3.46. The van der Waals surface area contributed by atoms with E-state index in [0.717, 1.165) is 4.47 Å². The normalized spacial score (nSPS) is 10.4. The van der Waals surface area contributed by atoms with Crippen LogP contribution >= 0.6 is 15.9 Å². The van der Waals surface area contributed by atoms with Crippen LogP contribution in [-0.4, -0.2) is 52.9 Å². The van der Waals surface area contributed by atoms with E-state index in [0.29, 0.717) is 18.8 Å². The van der Waals surface area contributed by atoms with Gasteiger partial charge >= 0.3 is 0 Å². The van der Waals surface area contributed by atoms with Gasteiger partial charge in [-0.05, 0) is 35.8 Å². The molecule has 0 unspecified atom stereocenters. The zero-order valence-electron chi connectivity index (χ0n) is 11.8. The lowest BCUT2D eigenvalue weighted by atomic mass is 10.3. The molecule has 0 aliphatic rings. The van der Waals surface area contributed by atoms with Crippen molar-refractivity contribution in [2.45, 2.75) is 13.8 Å². The molecule has 19 heavy (non-hydrogen) atoms. The zero-order valence-corrected chi connectivity index (χ0v) is 13.4. The van der Waals surface area contributed by atoms with E-state index in [2.05, 4.69) is 15.9 Å². The highest BCUT2D eigenvalue weighted by Gasteiger charge is 2.20. The number of nitrogens with zero attached hydrogens (tertiary/aromatic N) is 3. The first-order valence-electron chi connectivity index (χ1n) is 6.25. The van der Waals surface area contributed by atoms with Crippen LogP contribution in [0.5, 0.6) is 0 Å². The number of carbonyl (C=O) groups is 2. The van der Waals surface area contributed by atoms with Gasteiger partial charge in [0.2, 0.25) is 5.91 Å². The number of amides is 2. The van der Waals surface area contributed by atoms with Gasteiger partial charge in [0.1, 0.15) is 5.69 Å². The summed E-state index contributed by atoms with van der Waals surface area (Å²) in [6.45, 7) is 5.28. The summed E-state index contributed by atoms with van der Waals surface area (Å²) in [7, 11) is 3.45. The molecule has 5 nitrogen and oxygen atoms in total. The maximum Gasteiger partial charge on any atom is 0.270 e. The van der Waals surface area contributed by atoms with Gasteiger partial charge in [-0.15, -0.1) is 0 Å². The summed E-state index contributed by atoms with van der Waals surface area (Å²) < 4.78 is 2.59. The minimum absolute atomic E-state index is 0.0332. The highest BCUT2D eigenvalue weighted by Crippen LogP contribution is 2.15. The van der Waals surface area contributed by atoms with Crippen LogP contribution in [0.1, 0.15) is 24.3 Å². The quantitative estimate of drug-likeness (QED) is 0.825. The number of likely N-dealkylation sites (N-methyl/N-ethyl adjacent to an activating group) is 2. The first-order valence-corrected chi connectivity index (χ1v) is 7.05. The van der Waals surface area contributed by atoms with E-state index < -0.39 is 0 Å². The Morgan fingerprint density at radius 3 is 2.32 bits per heavy atom. The molecule has 0 saturated carbocycles. The van der Waals surface area contributed by atoms with Crippen molar-refractivity contribution in [1.29, 1.82) is 0 Å². The summed E-state index contributed by atoms with van der Waals surface area (Å²) in [5, 5.41) is 0. The van der Waals surface area contributed by atoms with Gasteiger partial charge in [0, 0.05) is 37.9 Å². The Morgan fingerprint density at radius 1 is 1.32 bits per heavy atom. The summed E-state index contributed by atoms with van der Waals surface area (Å²) in [5.41, 5.74) is 0.557. The summed E-state index contributed by atoms with van der Waals surface area (Å²) >= 11 is 3.33. The Labute approximate surface area is 122 Å². The van der Waals surface area contributed by atoms with Crippen LogP contribution in [0.4, 0.5) is 0 Å². The van der Waals surface area contributed by atoms with Gasteiger partial charge in [0.25, 0.3) is 5.91 Å². The van der Waals surface area contributed by atoms with Crippen LogP contribution in [0.2, 0.25) is 0 Å². The molecule has 1 aromatic heterocycles. The SMILES string of the molecule is CCN(CC)C(=O)CN(C)C(=O)c1cc(Br)cn1C. The molecule has 0 fully saturated rings. The predicted octanol–water partition coefficient (Wildman–Crippen LogP) is 1.73. The van der Waals surface area contributed by atoms with Crippen LogP contribution in [0.3, 0.4) is 0 Å². The lowest BCUT2D eigenvalue weighted by Gasteiger charge is -2.23. The molecule has 0 aromatic carbocycles. The van der Waals surface area contributed by atoms with Gasteiger partial charge in [-0.25, -0.2) is 0 Å². The van der Waals surface area contributed by atoms with Crippen molar-refractivity contribution in [2.24, 2.45) is 7.05 Å². The van der Waals surface area contributed by atoms with E-state index in [1.165, 1.54) is 4.90 Å². The van der Waals surface area contributed by atoms with E-state index in [-0.39, 0.29) is 18.4 Å². The maximum atomic E-state index is 12.2. The van der Waals surface area contributed by atoms with E-state index in [4.69, 9.17) is 0 Å². The Bertz CT molecular complexity index is 466. The summed E-state index contributed by atoms with van der Waals surface area (Å²) in [6, 6.07) is 1.75. The minimum Gasteiger partial charge on any atom is -0.345 e. The Hall–Kier alpha value is -1.30. The highest BCUT2D eigenvalue weighted by molar-refractivity contribution is 9.10. The maximum absolute atomic E-state index is 12.2. The van der Waals surface area contributed by atoms with Gasteiger partial charge in [0.15, 0.2) is 0 Å². The largest absolute Gasteiger partial charge is 0.345 e. The summed E-state index contributed by atoms with van der Waals surface area (Å²) in [5.74, 6) is -0.192. The van der Waals surface area contributed by atoms with Gasteiger partial charge in [-0.1, -0.05) is 0 Å². The third-order valence-electron chi connectivity index (χ3n) is 3.03. The predicted molar refractivity (Wildman–Crippen MR) is 78.0 cm³/mol. The van der Waals surface area contributed by atoms with Crippen molar-refractivity contribution >= 4 is 27.7 Å². The number of rotatable bonds is 5. The molecule has 106 valence electrons. The van der Waals surface area contributed by atoms with Crippen LogP contribution in [0.15, 0.2) is 16.7 Å². The number of hydrogen-bond donors (Lipinski definition) is 0. The molecule has 0 aliphatic carbocycles. The van der Waals surface area contributed by atoms with E-state index >= 15 is 0 Å². The average molecular weight is 330 g/mol. The van der Waals surface area contributed by atoms with E-state index in [1.807, 2.05) is 20.0 Å². The number of aromatic nitrogens is 1. The van der Waals surface area contributed by atoms with E-state index in [9.17, 15) is 9.59 Å². The second-order valence-electron chi connectivity index (χ2n) is 4.38. The number of hydrogen-bond acceptors (Lipinski definition) is 2. The molecule has 0 spiro atoms. The van der Waals surface area contributed by atoms with Crippen LogP contribution in [0, 0.1) is 0 Å². The van der Waals surface area contributed by atoms with Crippen molar-refractivity contribution in [1.82, 2.24) is 14.4 Å². The van der Waals surface area contributed by atoms with Crippen molar-refractivity contribution in [3.05, 3.63) is 22.4 Å². The Kier molecular flexibility index (Phi) is 5.60.